The molecule has 0 bridgehead atoms. The van der Waals surface area contributed by atoms with Crippen molar-refractivity contribution in [2.75, 3.05) is 0 Å². The molecule has 2 rings (SSSR count). The SMILES string of the molecule is IC1C=CC(C2CCCCC2)CC1. The van der Waals surface area contributed by atoms with Crippen molar-refractivity contribution in [1.82, 2.24) is 0 Å². The van der Waals surface area contributed by atoms with Gasteiger partial charge in [0, 0.05) is 3.92 Å². The highest BCUT2D eigenvalue weighted by molar-refractivity contribution is 14.1. The minimum Gasteiger partial charge on any atom is -0.0841 e. The van der Waals surface area contributed by atoms with Gasteiger partial charge in [0.25, 0.3) is 0 Å². The molecule has 0 saturated heterocycles. The van der Waals surface area contributed by atoms with Gasteiger partial charge in [0.15, 0.2) is 0 Å². The van der Waals surface area contributed by atoms with Gasteiger partial charge in [-0.1, -0.05) is 54.0 Å². The van der Waals surface area contributed by atoms with Crippen LogP contribution >= 0.6 is 22.6 Å². The van der Waals surface area contributed by atoms with E-state index < -0.39 is 0 Å². The number of alkyl halides is 1. The van der Waals surface area contributed by atoms with E-state index in [1.165, 1.54) is 44.9 Å². The van der Waals surface area contributed by atoms with Crippen LogP contribution in [0.4, 0.5) is 0 Å². The maximum atomic E-state index is 2.55. The minimum atomic E-state index is 0.817. The molecule has 74 valence electrons. The molecule has 1 heteroatoms. The summed E-state index contributed by atoms with van der Waals surface area (Å²) in [5.41, 5.74) is 0. The van der Waals surface area contributed by atoms with E-state index >= 15 is 0 Å². The van der Waals surface area contributed by atoms with E-state index in [0.29, 0.717) is 0 Å². The number of hydrogen-bond donors (Lipinski definition) is 0. The van der Waals surface area contributed by atoms with Gasteiger partial charge in [-0.15, -0.1) is 0 Å². The molecule has 0 aliphatic heterocycles. The smallest absolute Gasteiger partial charge is 0.0289 e. The van der Waals surface area contributed by atoms with Gasteiger partial charge in [0.2, 0.25) is 0 Å². The van der Waals surface area contributed by atoms with Gasteiger partial charge < -0.3 is 0 Å². The van der Waals surface area contributed by atoms with Crippen molar-refractivity contribution in [2.45, 2.75) is 48.9 Å². The van der Waals surface area contributed by atoms with Gasteiger partial charge in [-0.2, -0.15) is 0 Å². The van der Waals surface area contributed by atoms with E-state index in [2.05, 4.69) is 34.7 Å². The standard InChI is InChI=1S/C12H19I/c13-12-8-6-11(7-9-12)10-4-2-1-3-5-10/h6,8,10-12H,1-5,7,9H2. The summed E-state index contributed by atoms with van der Waals surface area (Å²) in [6, 6.07) is 0. The number of allylic oxidation sites excluding steroid dienone is 2. The first-order chi connectivity index (χ1) is 6.36. The molecule has 0 heterocycles. The molecule has 0 radical (unpaired) electrons. The van der Waals surface area contributed by atoms with Crippen LogP contribution < -0.4 is 0 Å². The van der Waals surface area contributed by atoms with Crippen molar-refractivity contribution in [3.63, 3.8) is 0 Å². The molecule has 0 aromatic carbocycles. The van der Waals surface area contributed by atoms with Crippen molar-refractivity contribution >= 4 is 22.6 Å². The number of rotatable bonds is 1. The fourth-order valence-electron chi connectivity index (χ4n) is 2.76. The summed E-state index contributed by atoms with van der Waals surface area (Å²) in [4.78, 5) is 0. The Labute approximate surface area is 95.3 Å². The second-order valence-corrected chi connectivity index (χ2v) is 6.14. The van der Waals surface area contributed by atoms with Crippen LogP contribution in [0.2, 0.25) is 0 Å². The minimum absolute atomic E-state index is 0.817. The molecule has 1 fully saturated rings. The third-order valence-corrected chi connectivity index (χ3v) is 4.64. The van der Waals surface area contributed by atoms with Crippen LogP contribution in [0.25, 0.3) is 0 Å². The largest absolute Gasteiger partial charge is 0.0841 e. The monoisotopic (exact) mass is 290 g/mol. The Morgan fingerprint density at radius 1 is 0.846 bits per heavy atom. The van der Waals surface area contributed by atoms with Gasteiger partial charge in [0.1, 0.15) is 0 Å². The third-order valence-electron chi connectivity index (χ3n) is 3.60. The van der Waals surface area contributed by atoms with E-state index in [4.69, 9.17) is 0 Å². The lowest BCUT2D eigenvalue weighted by molar-refractivity contribution is 0.269. The maximum Gasteiger partial charge on any atom is 0.0289 e. The molecule has 2 aliphatic carbocycles. The van der Waals surface area contributed by atoms with Crippen LogP contribution in [-0.2, 0) is 0 Å². The molecule has 0 amide bonds. The lowest BCUT2D eigenvalue weighted by Crippen LogP contribution is -2.19. The highest BCUT2D eigenvalue weighted by atomic mass is 127. The molecule has 0 aromatic heterocycles. The van der Waals surface area contributed by atoms with E-state index in [9.17, 15) is 0 Å². The summed E-state index contributed by atoms with van der Waals surface area (Å²) in [7, 11) is 0. The first-order valence-electron chi connectivity index (χ1n) is 5.68. The zero-order valence-electron chi connectivity index (χ0n) is 8.21. The predicted octanol–water partition coefficient (Wildman–Crippen LogP) is 4.34. The van der Waals surface area contributed by atoms with Crippen LogP contribution in [0.15, 0.2) is 12.2 Å². The van der Waals surface area contributed by atoms with Gasteiger partial charge in [-0.25, -0.2) is 0 Å². The zero-order valence-corrected chi connectivity index (χ0v) is 10.4. The summed E-state index contributed by atoms with van der Waals surface area (Å²) in [6.45, 7) is 0. The predicted molar refractivity (Wildman–Crippen MR) is 66.2 cm³/mol. The van der Waals surface area contributed by atoms with Crippen LogP contribution in [-0.4, -0.2) is 3.92 Å². The highest BCUT2D eigenvalue weighted by Gasteiger charge is 2.23. The third kappa shape index (κ3) is 2.71. The topological polar surface area (TPSA) is 0 Å². The maximum absolute atomic E-state index is 2.55. The normalized spacial score (nSPS) is 36.4. The van der Waals surface area contributed by atoms with Crippen LogP contribution in [0.5, 0.6) is 0 Å². The van der Waals surface area contributed by atoms with Gasteiger partial charge in [0.05, 0.1) is 0 Å². The first-order valence-corrected chi connectivity index (χ1v) is 6.93. The molecule has 2 atom stereocenters. The second kappa shape index (κ2) is 4.81. The summed E-state index contributed by atoms with van der Waals surface area (Å²) >= 11 is 2.55. The van der Waals surface area contributed by atoms with Crippen molar-refractivity contribution < 1.29 is 0 Å². The molecule has 2 aliphatic rings. The Kier molecular flexibility index (Phi) is 3.70. The Hall–Kier alpha value is 0.470. The molecule has 1 saturated carbocycles. The first kappa shape index (κ1) is 10.0. The van der Waals surface area contributed by atoms with Gasteiger partial charge in [-0.05, 0) is 37.5 Å². The Morgan fingerprint density at radius 3 is 2.23 bits per heavy atom. The lowest BCUT2D eigenvalue weighted by atomic mass is 9.76. The van der Waals surface area contributed by atoms with E-state index in [0.717, 1.165) is 15.8 Å². The summed E-state index contributed by atoms with van der Waals surface area (Å²) in [6.07, 6.45) is 15.3. The molecule has 0 aromatic rings. The van der Waals surface area contributed by atoms with Crippen molar-refractivity contribution in [3.8, 4) is 0 Å². The summed E-state index contributed by atoms with van der Waals surface area (Å²) < 4.78 is 0.817. The Balaban J connectivity index is 1.89. The second-order valence-electron chi connectivity index (χ2n) is 4.54. The van der Waals surface area contributed by atoms with Crippen molar-refractivity contribution in [3.05, 3.63) is 12.2 Å². The van der Waals surface area contributed by atoms with Crippen LogP contribution in [0, 0.1) is 11.8 Å². The molecule has 0 nitrogen and oxygen atoms in total. The van der Waals surface area contributed by atoms with Gasteiger partial charge in [-0.3, -0.25) is 0 Å². The van der Waals surface area contributed by atoms with E-state index in [1.54, 1.807) is 0 Å². The van der Waals surface area contributed by atoms with Crippen molar-refractivity contribution in [1.29, 1.82) is 0 Å². The fraction of sp³-hybridized carbons (Fsp3) is 0.833. The molecular formula is C12H19I. The van der Waals surface area contributed by atoms with Crippen LogP contribution in [0.1, 0.15) is 44.9 Å². The highest BCUT2D eigenvalue weighted by Crippen LogP contribution is 2.36. The van der Waals surface area contributed by atoms with Gasteiger partial charge >= 0.3 is 0 Å². The van der Waals surface area contributed by atoms with Crippen LogP contribution in [0.3, 0.4) is 0 Å². The fourth-order valence-corrected chi connectivity index (χ4v) is 3.36. The quantitative estimate of drug-likeness (QED) is 0.383. The Morgan fingerprint density at radius 2 is 1.62 bits per heavy atom. The zero-order chi connectivity index (χ0) is 9.10. The average molecular weight is 290 g/mol. The Bertz CT molecular complexity index is 180. The van der Waals surface area contributed by atoms with E-state index in [1.807, 2.05) is 0 Å². The van der Waals surface area contributed by atoms with Crippen molar-refractivity contribution in [2.24, 2.45) is 11.8 Å². The molecule has 2 unspecified atom stereocenters. The number of hydrogen-bond acceptors (Lipinski definition) is 0. The lowest BCUT2D eigenvalue weighted by Gasteiger charge is -2.30. The molecular weight excluding hydrogens is 271 g/mol. The molecule has 0 spiro atoms. The molecule has 13 heavy (non-hydrogen) atoms. The summed E-state index contributed by atoms with van der Waals surface area (Å²) in [5, 5.41) is 0. The molecule has 0 N–H and O–H groups in total. The average Bonchev–Trinajstić information content (AvgIpc) is 2.20. The number of halogens is 1. The summed E-state index contributed by atoms with van der Waals surface area (Å²) in [5.74, 6) is 1.97. The van der Waals surface area contributed by atoms with E-state index in [-0.39, 0.29) is 0 Å².